The van der Waals surface area contributed by atoms with Crippen molar-refractivity contribution in [2.75, 3.05) is 13.1 Å². The molecule has 3 heterocycles. The summed E-state index contributed by atoms with van der Waals surface area (Å²) in [7, 11) is 0. The highest BCUT2D eigenvalue weighted by molar-refractivity contribution is 7.13. The predicted molar refractivity (Wildman–Crippen MR) is 102 cm³/mol. The van der Waals surface area contributed by atoms with Gasteiger partial charge in [0.25, 0.3) is 5.89 Å². The van der Waals surface area contributed by atoms with Gasteiger partial charge >= 0.3 is 5.76 Å². The third-order valence-electron chi connectivity index (χ3n) is 3.73. The minimum Gasteiger partial charge on any atom is -0.387 e. The number of rotatable bonds is 8. The van der Waals surface area contributed by atoms with E-state index in [-0.39, 0.29) is 30.8 Å². The molecule has 3 aromatic rings. The van der Waals surface area contributed by atoms with E-state index >= 15 is 0 Å². The fourth-order valence-electron chi connectivity index (χ4n) is 2.34. The molecule has 142 valence electrons. The first kappa shape index (κ1) is 19.1. The molecule has 2 amide bonds. The van der Waals surface area contributed by atoms with Crippen molar-refractivity contribution in [1.29, 1.82) is 0 Å². The van der Waals surface area contributed by atoms with Crippen molar-refractivity contribution in [3.8, 4) is 10.8 Å². The SMILES string of the molecule is CCN(CC(=O)NCc1cccs1)C(=O)Cn1nc(-c2cccs2)oc1=O. The van der Waals surface area contributed by atoms with Gasteiger partial charge in [0.1, 0.15) is 6.54 Å². The zero-order chi connectivity index (χ0) is 19.2. The predicted octanol–water partition coefficient (Wildman–Crippen LogP) is 1.79. The molecule has 0 radical (unpaired) electrons. The maximum Gasteiger partial charge on any atom is 0.437 e. The van der Waals surface area contributed by atoms with E-state index in [0.717, 1.165) is 9.56 Å². The summed E-state index contributed by atoms with van der Waals surface area (Å²) in [5.41, 5.74) is 0. The second-order valence-electron chi connectivity index (χ2n) is 5.57. The summed E-state index contributed by atoms with van der Waals surface area (Å²) >= 11 is 2.93. The molecule has 0 aliphatic heterocycles. The topological polar surface area (TPSA) is 97.4 Å². The van der Waals surface area contributed by atoms with Gasteiger partial charge in [-0.25, -0.2) is 4.79 Å². The highest BCUT2D eigenvalue weighted by Crippen LogP contribution is 2.21. The zero-order valence-corrected chi connectivity index (χ0v) is 16.2. The van der Waals surface area contributed by atoms with Gasteiger partial charge in [0.2, 0.25) is 11.8 Å². The second kappa shape index (κ2) is 8.78. The lowest BCUT2D eigenvalue weighted by Crippen LogP contribution is -2.42. The molecule has 0 aliphatic rings. The molecule has 0 aliphatic carbocycles. The first-order valence-corrected chi connectivity index (χ1v) is 10.0. The van der Waals surface area contributed by atoms with E-state index in [4.69, 9.17) is 4.42 Å². The van der Waals surface area contributed by atoms with E-state index < -0.39 is 5.76 Å². The van der Waals surface area contributed by atoms with Gasteiger partial charge in [-0.05, 0) is 29.8 Å². The van der Waals surface area contributed by atoms with Crippen LogP contribution in [0.25, 0.3) is 10.8 Å². The molecule has 27 heavy (non-hydrogen) atoms. The van der Waals surface area contributed by atoms with Gasteiger partial charge in [-0.3, -0.25) is 9.59 Å². The van der Waals surface area contributed by atoms with E-state index in [1.54, 1.807) is 24.3 Å². The summed E-state index contributed by atoms with van der Waals surface area (Å²) in [4.78, 5) is 39.6. The van der Waals surface area contributed by atoms with Crippen molar-refractivity contribution in [2.24, 2.45) is 0 Å². The number of likely N-dealkylation sites (N-methyl/N-ethyl adjacent to an activating group) is 1. The van der Waals surface area contributed by atoms with Crippen LogP contribution >= 0.6 is 22.7 Å². The summed E-state index contributed by atoms with van der Waals surface area (Å²) in [5, 5.41) is 10.6. The molecule has 0 fully saturated rings. The molecule has 0 saturated carbocycles. The number of carbonyl (C=O) groups excluding carboxylic acids is 2. The lowest BCUT2D eigenvalue weighted by atomic mass is 10.4. The quantitative estimate of drug-likeness (QED) is 0.615. The van der Waals surface area contributed by atoms with E-state index in [9.17, 15) is 14.4 Å². The van der Waals surface area contributed by atoms with Crippen LogP contribution in [-0.4, -0.2) is 39.6 Å². The van der Waals surface area contributed by atoms with E-state index in [0.29, 0.717) is 18.0 Å². The molecule has 3 rings (SSSR count). The number of amides is 2. The van der Waals surface area contributed by atoms with Crippen LogP contribution in [-0.2, 0) is 22.7 Å². The molecule has 0 saturated heterocycles. The molecule has 8 nitrogen and oxygen atoms in total. The number of hydrogen-bond donors (Lipinski definition) is 1. The zero-order valence-electron chi connectivity index (χ0n) is 14.6. The Morgan fingerprint density at radius 2 is 2.04 bits per heavy atom. The molecule has 1 N–H and O–H groups in total. The van der Waals surface area contributed by atoms with Gasteiger partial charge in [-0.1, -0.05) is 12.1 Å². The van der Waals surface area contributed by atoms with Gasteiger partial charge in [-0.2, -0.15) is 4.68 Å². The Balaban J connectivity index is 1.58. The number of nitrogens with zero attached hydrogens (tertiary/aromatic N) is 3. The van der Waals surface area contributed by atoms with Gasteiger partial charge in [0.05, 0.1) is 18.0 Å². The number of aromatic nitrogens is 2. The second-order valence-corrected chi connectivity index (χ2v) is 7.55. The molecule has 0 unspecified atom stereocenters. The summed E-state index contributed by atoms with van der Waals surface area (Å²) in [6.45, 7) is 2.18. The Labute approximate surface area is 163 Å². The summed E-state index contributed by atoms with van der Waals surface area (Å²) in [6.07, 6.45) is 0. The molecular weight excluding hydrogens is 388 g/mol. The number of nitrogens with one attached hydrogen (secondary N) is 1. The van der Waals surface area contributed by atoms with Crippen LogP contribution in [0.1, 0.15) is 11.8 Å². The Morgan fingerprint density at radius 3 is 2.70 bits per heavy atom. The van der Waals surface area contributed by atoms with Crippen LogP contribution < -0.4 is 11.1 Å². The monoisotopic (exact) mass is 406 g/mol. The number of hydrogen-bond acceptors (Lipinski definition) is 7. The lowest BCUT2D eigenvalue weighted by Gasteiger charge is -2.19. The normalized spacial score (nSPS) is 10.7. The smallest absolute Gasteiger partial charge is 0.387 e. The summed E-state index contributed by atoms with van der Waals surface area (Å²) in [6, 6.07) is 7.43. The van der Waals surface area contributed by atoms with Crippen LogP contribution in [0.15, 0.2) is 44.2 Å². The Hall–Kier alpha value is -2.72. The molecule has 10 heteroatoms. The molecule has 0 bridgehead atoms. The Bertz CT molecular complexity index is 944. The van der Waals surface area contributed by atoms with E-state index in [1.807, 2.05) is 29.0 Å². The molecule has 3 aromatic heterocycles. The van der Waals surface area contributed by atoms with Gasteiger partial charge < -0.3 is 14.6 Å². The molecular formula is C17H18N4O4S2. The standard InChI is InChI=1S/C17H18N4O4S2/c1-2-20(10-14(22)18-9-12-5-3-7-26-12)15(23)11-21-17(24)25-16(19-21)13-6-4-8-27-13/h3-8H,2,9-11H2,1H3,(H,18,22). The largest absolute Gasteiger partial charge is 0.437 e. The van der Waals surface area contributed by atoms with Gasteiger partial charge in [-0.15, -0.1) is 27.8 Å². The maximum atomic E-state index is 12.5. The maximum absolute atomic E-state index is 12.5. The average Bonchev–Trinajstić information content (AvgIpc) is 3.40. The van der Waals surface area contributed by atoms with Crippen molar-refractivity contribution < 1.29 is 14.0 Å². The minimum atomic E-state index is -0.704. The van der Waals surface area contributed by atoms with Crippen LogP contribution in [0.3, 0.4) is 0 Å². The van der Waals surface area contributed by atoms with E-state index in [2.05, 4.69) is 10.4 Å². The van der Waals surface area contributed by atoms with Crippen molar-refractivity contribution in [1.82, 2.24) is 20.0 Å². The Morgan fingerprint density at radius 1 is 1.26 bits per heavy atom. The van der Waals surface area contributed by atoms with Crippen molar-refractivity contribution >= 4 is 34.5 Å². The third-order valence-corrected chi connectivity index (χ3v) is 5.47. The first-order valence-electron chi connectivity index (χ1n) is 8.25. The molecule has 0 aromatic carbocycles. The third kappa shape index (κ3) is 4.92. The lowest BCUT2D eigenvalue weighted by molar-refractivity contribution is -0.136. The summed E-state index contributed by atoms with van der Waals surface area (Å²) in [5.74, 6) is -1.16. The fraction of sp³-hybridized carbons (Fsp3) is 0.294. The average molecular weight is 406 g/mol. The summed E-state index contributed by atoms with van der Waals surface area (Å²) < 4.78 is 6.07. The van der Waals surface area contributed by atoms with Crippen LogP contribution in [0.4, 0.5) is 0 Å². The fourth-order valence-corrected chi connectivity index (χ4v) is 3.63. The number of thiophene rings is 2. The Kier molecular flexibility index (Phi) is 6.20. The van der Waals surface area contributed by atoms with E-state index in [1.165, 1.54) is 16.2 Å². The van der Waals surface area contributed by atoms with Crippen LogP contribution in [0.2, 0.25) is 0 Å². The first-order chi connectivity index (χ1) is 13.1. The van der Waals surface area contributed by atoms with Crippen molar-refractivity contribution in [3.05, 3.63) is 50.5 Å². The highest BCUT2D eigenvalue weighted by atomic mass is 32.1. The number of carbonyl (C=O) groups is 2. The van der Waals surface area contributed by atoms with Gasteiger partial charge in [0, 0.05) is 11.4 Å². The molecule has 0 spiro atoms. The minimum absolute atomic E-state index is 0.0783. The van der Waals surface area contributed by atoms with Gasteiger partial charge in [0.15, 0.2) is 0 Å². The molecule has 0 atom stereocenters. The van der Waals surface area contributed by atoms with Crippen molar-refractivity contribution in [3.63, 3.8) is 0 Å². The van der Waals surface area contributed by atoms with Crippen LogP contribution in [0.5, 0.6) is 0 Å². The van der Waals surface area contributed by atoms with Crippen LogP contribution in [0, 0.1) is 0 Å². The van der Waals surface area contributed by atoms with Crippen molar-refractivity contribution in [2.45, 2.75) is 20.0 Å². The highest BCUT2D eigenvalue weighted by Gasteiger charge is 2.19.